The van der Waals surface area contributed by atoms with E-state index in [2.05, 4.69) is 0 Å². The van der Waals surface area contributed by atoms with Gasteiger partial charge in [-0.25, -0.2) is 0 Å². The van der Waals surface area contributed by atoms with Gasteiger partial charge in [0.15, 0.2) is 0 Å². The normalized spacial score (nSPS) is 14.4. The van der Waals surface area contributed by atoms with Crippen LogP contribution in [0.2, 0.25) is 0 Å². The lowest BCUT2D eigenvalue weighted by molar-refractivity contribution is -0.384. The van der Waals surface area contributed by atoms with Gasteiger partial charge < -0.3 is 4.52 Å². The van der Waals surface area contributed by atoms with E-state index in [4.69, 9.17) is 15.8 Å². The van der Waals surface area contributed by atoms with E-state index in [-0.39, 0.29) is 18.5 Å². The van der Waals surface area contributed by atoms with Crippen LogP contribution in [0, 0.1) is 10.1 Å². The highest BCUT2D eigenvalue weighted by molar-refractivity contribution is 7.84. The average Bonchev–Trinajstić information content (AvgIpc) is 2.17. The molecule has 1 aromatic rings. The van der Waals surface area contributed by atoms with Crippen molar-refractivity contribution in [3.63, 3.8) is 0 Å². The number of nitrogens with zero attached hydrogens (tertiary/aromatic N) is 1. The van der Waals surface area contributed by atoms with Crippen LogP contribution in [-0.2, 0) is 15.3 Å². The van der Waals surface area contributed by atoms with Crippen molar-refractivity contribution in [1.82, 2.24) is 0 Å². The molecule has 1 unspecified atom stereocenters. The van der Waals surface area contributed by atoms with Crippen molar-refractivity contribution in [3.05, 3.63) is 39.9 Å². The molecule has 0 aliphatic carbocycles. The summed E-state index contributed by atoms with van der Waals surface area (Å²) in [6.07, 6.45) is 0.0698. The van der Waals surface area contributed by atoms with Gasteiger partial charge in [0.05, 0.1) is 17.7 Å². The predicted molar refractivity (Wildman–Crippen MR) is 61.9 cm³/mol. The number of hydrogen-bond donors (Lipinski definition) is 0. The summed E-state index contributed by atoms with van der Waals surface area (Å²) in [4.78, 5) is 9.91. The predicted octanol–water partition coefficient (Wildman–Crippen LogP) is 3.56. The quantitative estimate of drug-likeness (QED) is 0.463. The van der Waals surface area contributed by atoms with Crippen LogP contribution in [0.4, 0.5) is 5.69 Å². The maximum atomic E-state index is 11.6. The topological polar surface area (TPSA) is 69.4 Å². The van der Waals surface area contributed by atoms with Crippen molar-refractivity contribution in [3.8, 4) is 0 Å². The van der Waals surface area contributed by atoms with Crippen molar-refractivity contribution in [2.75, 3.05) is 6.61 Å². The third kappa shape index (κ3) is 3.93. The minimum absolute atomic E-state index is 0.00966. The molecule has 7 heteroatoms. The van der Waals surface area contributed by atoms with E-state index >= 15 is 0 Å². The molecule has 16 heavy (non-hydrogen) atoms. The van der Waals surface area contributed by atoms with E-state index < -0.39 is 11.6 Å². The van der Waals surface area contributed by atoms with E-state index in [1.165, 1.54) is 24.3 Å². The van der Waals surface area contributed by atoms with Crippen LogP contribution in [0.25, 0.3) is 0 Å². The molecule has 1 atom stereocenters. The number of hydrogen-bond acceptors (Lipinski definition) is 4. The molecule has 0 aliphatic heterocycles. The Morgan fingerprint density at radius 2 is 2.00 bits per heavy atom. The summed E-state index contributed by atoms with van der Waals surface area (Å²) in [6.45, 7) is -1.18. The first-order valence-electron chi connectivity index (χ1n) is 4.61. The van der Waals surface area contributed by atoms with E-state index in [9.17, 15) is 14.7 Å². The largest absolute Gasteiger partial charge is 0.318 e. The van der Waals surface area contributed by atoms with Gasteiger partial charge in [-0.3, -0.25) is 14.7 Å². The van der Waals surface area contributed by atoms with Gasteiger partial charge in [-0.05, 0) is 23.7 Å². The van der Waals surface area contributed by atoms with Crippen LogP contribution in [0.3, 0.4) is 0 Å². The number of rotatable bonds is 5. The summed E-state index contributed by atoms with van der Waals surface area (Å²) in [5.74, 6) is 0. The monoisotopic (exact) mass is 263 g/mol. The highest BCUT2D eigenvalue weighted by Gasteiger charge is 2.19. The zero-order chi connectivity index (χ0) is 12.2. The summed E-state index contributed by atoms with van der Waals surface area (Å²) in [7, 11) is 0. The van der Waals surface area contributed by atoms with E-state index in [0.717, 1.165) is 0 Å². The van der Waals surface area contributed by atoms with Gasteiger partial charge in [-0.1, -0.05) is 12.1 Å². The molecule has 0 saturated heterocycles. The van der Waals surface area contributed by atoms with Crippen molar-refractivity contribution in [2.45, 2.75) is 13.1 Å². The van der Waals surface area contributed by atoms with Gasteiger partial charge in [0, 0.05) is 12.1 Å². The molecular formula is C9H11ClNO4P. The number of nitro groups is 1. The Labute approximate surface area is 97.8 Å². The molecule has 0 fully saturated rings. The lowest BCUT2D eigenvalue weighted by Crippen LogP contribution is -1.91. The number of non-ortho nitro benzene ring substituents is 1. The third-order valence-corrected chi connectivity index (χ3v) is 3.88. The molecule has 88 valence electrons. The van der Waals surface area contributed by atoms with Gasteiger partial charge in [0.25, 0.3) is 12.4 Å². The van der Waals surface area contributed by atoms with Crippen molar-refractivity contribution in [2.24, 2.45) is 0 Å². The minimum Gasteiger partial charge on any atom is -0.318 e. The standard InChI is InChI=1S/C9H11ClNO4P/c1-2-15-16(10,14)7-8-3-5-9(6-4-8)11(12)13/h3-6H,2,7H2,1H3. The second-order valence-electron chi connectivity index (χ2n) is 3.09. The number of benzene rings is 1. The molecule has 1 aromatic carbocycles. The van der Waals surface area contributed by atoms with E-state index in [1.54, 1.807) is 6.92 Å². The van der Waals surface area contributed by atoms with Gasteiger partial charge in [0.1, 0.15) is 0 Å². The molecule has 0 aliphatic rings. The average molecular weight is 264 g/mol. The van der Waals surface area contributed by atoms with Gasteiger partial charge in [-0.15, -0.1) is 0 Å². The first-order chi connectivity index (χ1) is 7.44. The minimum atomic E-state index is -3.15. The van der Waals surface area contributed by atoms with Crippen LogP contribution >= 0.6 is 18.0 Å². The molecule has 0 spiro atoms. The lowest BCUT2D eigenvalue weighted by Gasteiger charge is -2.09. The van der Waals surface area contributed by atoms with E-state index in [0.29, 0.717) is 5.56 Å². The fraction of sp³-hybridized carbons (Fsp3) is 0.333. The molecule has 0 heterocycles. The molecular weight excluding hydrogens is 253 g/mol. The van der Waals surface area contributed by atoms with Crippen LogP contribution in [0.1, 0.15) is 12.5 Å². The molecule has 1 rings (SSSR count). The van der Waals surface area contributed by atoms with Gasteiger partial charge in [-0.2, -0.15) is 0 Å². The molecule has 5 nitrogen and oxygen atoms in total. The zero-order valence-electron chi connectivity index (χ0n) is 8.63. The van der Waals surface area contributed by atoms with Gasteiger partial charge in [0.2, 0.25) is 0 Å². The maximum absolute atomic E-state index is 11.6. The van der Waals surface area contributed by atoms with Crippen molar-refractivity contribution < 1.29 is 14.0 Å². The molecule has 0 radical (unpaired) electrons. The Balaban J connectivity index is 2.76. The number of halogens is 1. The molecule has 0 aromatic heterocycles. The van der Waals surface area contributed by atoms with E-state index in [1.807, 2.05) is 0 Å². The highest BCUT2D eigenvalue weighted by Crippen LogP contribution is 2.55. The molecule has 0 bridgehead atoms. The molecule has 0 amide bonds. The Kier molecular flexibility index (Phi) is 4.47. The fourth-order valence-electron chi connectivity index (χ4n) is 1.18. The van der Waals surface area contributed by atoms with Crippen LogP contribution in [0.5, 0.6) is 0 Å². The Morgan fingerprint density at radius 1 is 1.44 bits per heavy atom. The fourth-order valence-corrected chi connectivity index (χ4v) is 3.01. The Morgan fingerprint density at radius 3 is 2.44 bits per heavy atom. The third-order valence-electron chi connectivity index (χ3n) is 1.84. The second kappa shape index (κ2) is 5.43. The van der Waals surface area contributed by atoms with Crippen LogP contribution in [-0.4, -0.2) is 11.5 Å². The summed E-state index contributed by atoms with van der Waals surface area (Å²) in [6, 6.07) is 5.73. The first kappa shape index (κ1) is 13.2. The first-order valence-corrected chi connectivity index (χ1v) is 7.32. The molecule has 0 N–H and O–H groups in total. The maximum Gasteiger partial charge on any atom is 0.294 e. The summed E-state index contributed by atoms with van der Waals surface area (Å²) >= 11 is 5.67. The Bertz CT molecular complexity index is 420. The summed E-state index contributed by atoms with van der Waals surface area (Å²) in [5.41, 5.74) is 0.641. The summed E-state index contributed by atoms with van der Waals surface area (Å²) in [5, 5.41) is 10.4. The molecule has 0 saturated carbocycles. The number of nitro benzene ring substituents is 1. The smallest absolute Gasteiger partial charge is 0.294 e. The summed E-state index contributed by atoms with van der Waals surface area (Å²) < 4.78 is 16.5. The highest BCUT2D eigenvalue weighted by atomic mass is 35.7. The van der Waals surface area contributed by atoms with Crippen LogP contribution < -0.4 is 0 Å². The SMILES string of the molecule is CCOP(=O)(Cl)Cc1ccc([N+](=O)[O-])cc1. The van der Waals surface area contributed by atoms with Gasteiger partial charge >= 0.3 is 0 Å². The zero-order valence-corrected chi connectivity index (χ0v) is 10.3. The lowest BCUT2D eigenvalue weighted by atomic mass is 10.2. The van der Waals surface area contributed by atoms with Crippen molar-refractivity contribution in [1.29, 1.82) is 0 Å². The van der Waals surface area contributed by atoms with Crippen molar-refractivity contribution >= 4 is 23.6 Å². The second-order valence-corrected chi connectivity index (χ2v) is 6.39. The Hall–Kier alpha value is -0.900. The van der Waals surface area contributed by atoms with Crippen LogP contribution in [0.15, 0.2) is 24.3 Å².